The van der Waals surface area contributed by atoms with Crippen molar-refractivity contribution < 1.29 is 14.3 Å². The van der Waals surface area contributed by atoms with E-state index in [2.05, 4.69) is 10.2 Å². The van der Waals surface area contributed by atoms with Crippen LogP contribution in [0.5, 0.6) is 0 Å². The molecule has 0 aromatic carbocycles. The molecule has 2 amide bonds. The maximum absolute atomic E-state index is 12.4. The summed E-state index contributed by atoms with van der Waals surface area (Å²) in [7, 11) is 0. The number of morpholine rings is 1. The molecule has 0 bridgehead atoms. The van der Waals surface area contributed by atoms with Crippen molar-refractivity contribution in [3.8, 4) is 0 Å². The zero-order chi connectivity index (χ0) is 17.0. The van der Waals surface area contributed by atoms with Crippen molar-refractivity contribution >= 4 is 11.8 Å². The van der Waals surface area contributed by atoms with Crippen LogP contribution in [0.4, 0.5) is 0 Å². The zero-order valence-electron chi connectivity index (χ0n) is 14.9. The molecule has 1 spiro atoms. The predicted molar refractivity (Wildman–Crippen MR) is 91.6 cm³/mol. The van der Waals surface area contributed by atoms with Gasteiger partial charge in [0.15, 0.2) is 0 Å². The molecule has 0 aromatic heterocycles. The summed E-state index contributed by atoms with van der Waals surface area (Å²) in [5, 5.41) is 2.89. The van der Waals surface area contributed by atoms with Crippen molar-refractivity contribution in [1.82, 2.24) is 15.1 Å². The van der Waals surface area contributed by atoms with E-state index in [1.807, 2.05) is 4.90 Å². The molecular weight excluding hydrogens is 306 g/mol. The van der Waals surface area contributed by atoms with Gasteiger partial charge in [0, 0.05) is 26.2 Å². The lowest BCUT2D eigenvalue weighted by Crippen LogP contribution is -2.54. The van der Waals surface area contributed by atoms with Crippen LogP contribution in [0.3, 0.4) is 0 Å². The minimum Gasteiger partial charge on any atom is -0.372 e. The van der Waals surface area contributed by atoms with Gasteiger partial charge >= 0.3 is 0 Å². The van der Waals surface area contributed by atoms with Crippen LogP contribution >= 0.6 is 0 Å². The van der Waals surface area contributed by atoms with Crippen LogP contribution < -0.4 is 5.32 Å². The summed E-state index contributed by atoms with van der Waals surface area (Å²) in [5.41, 5.74) is -0.0201. The van der Waals surface area contributed by atoms with Crippen molar-refractivity contribution in [2.45, 2.75) is 63.5 Å². The Morgan fingerprint density at radius 3 is 2.50 bits per heavy atom. The van der Waals surface area contributed by atoms with Gasteiger partial charge in [-0.1, -0.05) is 12.8 Å². The van der Waals surface area contributed by atoms with Gasteiger partial charge in [-0.3, -0.25) is 14.5 Å². The quantitative estimate of drug-likeness (QED) is 0.836. The maximum atomic E-state index is 12.4. The first-order chi connectivity index (χ1) is 11.6. The Hall–Kier alpha value is -1.14. The number of carbonyl (C=O) groups excluding carboxylic acids is 2. The number of piperidine rings is 1. The van der Waals surface area contributed by atoms with Gasteiger partial charge in [0.05, 0.1) is 18.8 Å². The minimum atomic E-state index is -0.433. The van der Waals surface area contributed by atoms with E-state index >= 15 is 0 Å². The third kappa shape index (κ3) is 4.28. The first kappa shape index (κ1) is 17.7. The second kappa shape index (κ2) is 7.83. The Kier molecular flexibility index (Phi) is 5.76. The average molecular weight is 337 g/mol. The average Bonchev–Trinajstić information content (AvgIpc) is 3.02. The smallest absolute Gasteiger partial charge is 0.244 e. The van der Waals surface area contributed by atoms with E-state index in [1.165, 1.54) is 19.3 Å². The highest BCUT2D eigenvalue weighted by Gasteiger charge is 2.39. The van der Waals surface area contributed by atoms with E-state index in [0.717, 1.165) is 51.9 Å². The second-order valence-corrected chi connectivity index (χ2v) is 7.62. The van der Waals surface area contributed by atoms with Crippen LogP contribution in [-0.2, 0) is 14.3 Å². The molecule has 2 saturated heterocycles. The van der Waals surface area contributed by atoms with Crippen LogP contribution in [0, 0.1) is 0 Å². The van der Waals surface area contributed by atoms with E-state index in [9.17, 15) is 9.59 Å². The fourth-order valence-electron chi connectivity index (χ4n) is 4.32. The number of hydrogen-bond donors (Lipinski definition) is 1. The molecule has 1 N–H and O–H groups in total. The highest BCUT2D eigenvalue weighted by molar-refractivity contribution is 5.88. The largest absolute Gasteiger partial charge is 0.372 e. The fraction of sp³-hybridized carbons (Fsp3) is 0.889. The predicted octanol–water partition coefficient (Wildman–Crippen LogP) is 1.15. The summed E-state index contributed by atoms with van der Waals surface area (Å²) in [6.07, 6.45) is 8.00. The van der Waals surface area contributed by atoms with Crippen molar-refractivity contribution in [2.75, 3.05) is 39.3 Å². The molecular formula is C18H31N3O3. The molecule has 0 aromatic rings. The van der Waals surface area contributed by atoms with E-state index in [0.29, 0.717) is 13.2 Å². The third-order valence-corrected chi connectivity index (χ3v) is 5.63. The standard InChI is InChI=1S/C18H31N3O3/c1-15(17(23)21-9-5-2-6-10-21)19-16(22)13-20-11-12-24-18(14-20)7-3-4-8-18/h15H,2-14H2,1H3,(H,19,22). The molecule has 1 atom stereocenters. The van der Waals surface area contributed by atoms with Gasteiger partial charge in [-0.2, -0.15) is 0 Å². The molecule has 3 fully saturated rings. The van der Waals surface area contributed by atoms with Gasteiger partial charge in [0.2, 0.25) is 11.8 Å². The molecule has 0 radical (unpaired) electrons. The molecule has 3 rings (SSSR count). The van der Waals surface area contributed by atoms with E-state index in [4.69, 9.17) is 4.74 Å². The molecule has 2 heterocycles. The summed E-state index contributed by atoms with van der Waals surface area (Å²) >= 11 is 0. The van der Waals surface area contributed by atoms with Gasteiger partial charge in [0.1, 0.15) is 6.04 Å². The van der Waals surface area contributed by atoms with Gasteiger partial charge in [0.25, 0.3) is 0 Å². The minimum absolute atomic E-state index is 0.0201. The van der Waals surface area contributed by atoms with Crippen LogP contribution in [0.25, 0.3) is 0 Å². The van der Waals surface area contributed by atoms with E-state index in [-0.39, 0.29) is 17.4 Å². The van der Waals surface area contributed by atoms with Crippen molar-refractivity contribution in [1.29, 1.82) is 0 Å². The van der Waals surface area contributed by atoms with Crippen LogP contribution in [0.2, 0.25) is 0 Å². The Labute approximate surface area is 144 Å². The fourth-order valence-corrected chi connectivity index (χ4v) is 4.32. The molecule has 3 aliphatic rings. The lowest BCUT2D eigenvalue weighted by atomic mass is 10.00. The van der Waals surface area contributed by atoms with E-state index < -0.39 is 6.04 Å². The highest BCUT2D eigenvalue weighted by Crippen LogP contribution is 2.35. The van der Waals surface area contributed by atoms with Crippen LogP contribution in [-0.4, -0.2) is 72.6 Å². The number of nitrogens with zero attached hydrogens (tertiary/aromatic N) is 2. The van der Waals surface area contributed by atoms with Gasteiger partial charge in [-0.25, -0.2) is 0 Å². The number of nitrogens with one attached hydrogen (secondary N) is 1. The lowest BCUT2D eigenvalue weighted by molar-refractivity contribution is -0.138. The van der Waals surface area contributed by atoms with Gasteiger partial charge < -0.3 is 15.0 Å². The summed E-state index contributed by atoms with van der Waals surface area (Å²) in [5.74, 6) is 0.000182. The SMILES string of the molecule is CC(NC(=O)CN1CCOC2(CCCC2)C1)C(=O)N1CCCCC1. The van der Waals surface area contributed by atoms with E-state index in [1.54, 1.807) is 6.92 Å². The number of ether oxygens (including phenoxy) is 1. The summed E-state index contributed by atoms with van der Waals surface area (Å²) < 4.78 is 6.00. The molecule has 6 heteroatoms. The monoisotopic (exact) mass is 337 g/mol. The first-order valence-electron chi connectivity index (χ1n) is 9.52. The number of rotatable bonds is 4. The number of hydrogen-bond acceptors (Lipinski definition) is 4. The normalized spacial score (nSPS) is 25.6. The topological polar surface area (TPSA) is 61.9 Å². The maximum Gasteiger partial charge on any atom is 0.244 e. The van der Waals surface area contributed by atoms with Crippen LogP contribution in [0.15, 0.2) is 0 Å². The van der Waals surface area contributed by atoms with Crippen LogP contribution in [0.1, 0.15) is 51.9 Å². The van der Waals surface area contributed by atoms with Gasteiger partial charge in [-0.15, -0.1) is 0 Å². The Morgan fingerprint density at radius 1 is 1.08 bits per heavy atom. The zero-order valence-corrected chi connectivity index (χ0v) is 14.9. The third-order valence-electron chi connectivity index (χ3n) is 5.63. The number of carbonyl (C=O) groups is 2. The summed E-state index contributed by atoms with van der Waals surface area (Å²) in [4.78, 5) is 28.8. The first-order valence-corrected chi connectivity index (χ1v) is 9.52. The molecule has 136 valence electrons. The lowest BCUT2D eigenvalue weighted by Gasteiger charge is -2.40. The highest BCUT2D eigenvalue weighted by atomic mass is 16.5. The van der Waals surface area contributed by atoms with Crippen molar-refractivity contribution in [3.05, 3.63) is 0 Å². The summed E-state index contributed by atoms with van der Waals surface area (Å²) in [6, 6.07) is -0.433. The number of amides is 2. The Bertz CT molecular complexity index is 456. The molecule has 6 nitrogen and oxygen atoms in total. The molecule has 1 aliphatic carbocycles. The Morgan fingerprint density at radius 2 is 1.79 bits per heavy atom. The molecule has 24 heavy (non-hydrogen) atoms. The molecule has 2 aliphatic heterocycles. The summed E-state index contributed by atoms with van der Waals surface area (Å²) in [6.45, 7) is 6.15. The van der Waals surface area contributed by atoms with Gasteiger partial charge in [-0.05, 0) is 39.0 Å². The Balaban J connectivity index is 1.45. The molecule has 1 saturated carbocycles. The molecule has 1 unspecified atom stereocenters. The van der Waals surface area contributed by atoms with Crippen molar-refractivity contribution in [2.24, 2.45) is 0 Å². The second-order valence-electron chi connectivity index (χ2n) is 7.62. The number of likely N-dealkylation sites (tertiary alicyclic amines) is 1. The van der Waals surface area contributed by atoms with Crippen molar-refractivity contribution in [3.63, 3.8) is 0 Å².